The number of thiazole rings is 1. The van der Waals surface area contributed by atoms with Gasteiger partial charge in [0.2, 0.25) is 0 Å². The summed E-state index contributed by atoms with van der Waals surface area (Å²) in [6, 6.07) is 10.1. The summed E-state index contributed by atoms with van der Waals surface area (Å²) in [5.74, 6) is -0.324. The number of para-hydroxylation sites is 1. The molecule has 1 heterocycles. The average molecular weight is 393 g/mol. The fourth-order valence-electron chi connectivity index (χ4n) is 1.98. The van der Waals surface area contributed by atoms with Crippen molar-refractivity contribution in [1.82, 2.24) is 0 Å². The Bertz CT molecular complexity index is 893. The van der Waals surface area contributed by atoms with Gasteiger partial charge in [0.05, 0.1) is 14.7 Å². The summed E-state index contributed by atoms with van der Waals surface area (Å²) in [6.45, 7) is -0.0266. The van der Waals surface area contributed by atoms with Gasteiger partial charge in [-0.1, -0.05) is 38.9 Å². The van der Waals surface area contributed by atoms with E-state index in [1.54, 1.807) is 0 Å². The molecule has 3 rings (SSSR count). The zero-order valence-corrected chi connectivity index (χ0v) is 13.9. The largest absolute Gasteiger partial charge is 0.871 e. The number of nitro groups is 1. The number of non-ortho nitro benzene ring substituents is 1. The summed E-state index contributed by atoms with van der Waals surface area (Å²) in [4.78, 5) is 13.4. The lowest BCUT2D eigenvalue weighted by Crippen LogP contribution is -2.00. The Balaban J connectivity index is 1.83. The third-order valence-corrected chi connectivity index (χ3v) is 4.60. The van der Waals surface area contributed by atoms with Crippen LogP contribution in [0, 0.1) is 10.1 Å². The van der Waals surface area contributed by atoms with Gasteiger partial charge in [0.25, 0.3) is 5.69 Å². The summed E-state index contributed by atoms with van der Waals surface area (Å²) >= 11 is 4.47. The summed E-state index contributed by atoms with van der Waals surface area (Å²) in [6.07, 6.45) is 0. The number of nitrogens with one attached hydrogen (secondary N) is 1. The van der Waals surface area contributed by atoms with Gasteiger partial charge in [-0.05, 0) is 29.0 Å². The Morgan fingerprint density at radius 1 is 1.30 bits per heavy atom. The Kier molecular flexibility index (Phi) is 4.30. The zero-order chi connectivity index (χ0) is 16.4. The second-order valence-electron chi connectivity index (χ2n) is 4.60. The number of hydrogen-bond donors (Lipinski definition) is 0. The maximum absolute atomic E-state index is 12.0. The molecule has 23 heavy (non-hydrogen) atoms. The van der Waals surface area contributed by atoms with E-state index in [0.29, 0.717) is 5.13 Å². The van der Waals surface area contributed by atoms with E-state index in [-0.39, 0.29) is 28.0 Å². The number of H-pyrrole nitrogens is 1. The predicted molar refractivity (Wildman–Crippen MR) is 86.8 cm³/mol. The summed E-state index contributed by atoms with van der Waals surface area (Å²) in [7, 11) is 0. The number of halogens is 1. The molecule has 0 radical (unpaired) electrons. The van der Waals surface area contributed by atoms with E-state index in [9.17, 15) is 15.2 Å². The molecule has 0 amide bonds. The molecule has 0 aliphatic heterocycles. The van der Waals surface area contributed by atoms with Crippen LogP contribution in [0.3, 0.4) is 0 Å². The standard InChI is InChI=1S/C14H9BrN4O3S/c15-10-6-9(19(21)22)5-8(13(10)20)7-16-18-14-17-11-3-1-2-4-12(11)23-14/h1-6,20H,7H2. The van der Waals surface area contributed by atoms with Gasteiger partial charge in [0, 0.05) is 16.6 Å². The van der Waals surface area contributed by atoms with E-state index in [1.165, 1.54) is 23.5 Å². The minimum absolute atomic E-state index is 0.0266. The highest BCUT2D eigenvalue weighted by molar-refractivity contribution is 9.10. The molecular weight excluding hydrogens is 384 g/mol. The lowest BCUT2D eigenvalue weighted by atomic mass is 10.2. The molecular formula is C14H9BrN4O3S. The van der Waals surface area contributed by atoms with E-state index in [1.807, 2.05) is 24.3 Å². The number of nitrogens with zero attached hydrogens (tertiary/aromatic N) is 3. The second-order valence-corrected chi connectivity index (χ2v) is 6.49. The van der Waals surface area contributed by atoms with E-state index >= 15 is 0 Å². The quantitative estimate of drug-likeness (QED) is 0.383. The van der Waals surface area contributed by atoms with Gasteiger partial charge < -0.3 is 5.11 Å². The highest BCUT2D eigenvalue weighted by atomic mass is 79.9. The Morgan fingerprint density at radius 2 is 2.09 bits per heavy atom. The molecule has 0 fully saturated rings. The first kappa shape index (κ1) is 15.5. The number of aromatic nitrogens is 1. The summed E-state index contributed by atoms with van der Waals surface area (Å²) in [5.41, 5.74) is 1.01. The van der Waals surface area contributed by atoms with Gasteiger partial charge in [-0.2, -0.15) is 0 Å². The predicted octanol–water partition coefficient (Wildman–Crippen LogP) is 3.74. The van der Waals surface area contributed by atoms with Crippen molar-refractivity contribution in [2.24, 2.45) is 10.2 Å². The first-order chi connectivity index (χ1) is 11.0. The molecule has 1 N–H and O–H groups in total. The van der Waals surface area contributed by atoms with Crippen LogP contribution in [-0.4, -0.2) is 4.92 Å². The number of azo groups is 1. The van der Waals surface area contributed by atoms with Crippen LogP contribution >= 0.6 is 27.3 Å². The fourth-order valence-corrected chi connectivity index (χ4v) is 3.31. The van der Waals surface area contributed by atoms with Crippen LogP contribution in [0.4, 0.5) is 10.8 Å². The molecule has 3 aromatic rings. The molecule has 0 aliphatic rings. The molecule has 7 nitrogen and oxygen atoms in total. The third-order valence-electron chi connectivity index (χ3n) is 3.05. The zero-order valence-electron chi connectivity index (χ0n) is 11.5. The monoisotopic (exact) mass is 392 g/mol. The molecule has 116 valence electrons. The fraction of sp³-hybridized carbons (Fsp3) is 0.0714. The van der Waals surface area contributed by atoms with Gasteiger partial charge in [-0.15, -0.1) is 0 Å². The molecule has 0 spiro atoms. The van der Waals surface area contributed by atoms with Crippen molar-refractivity contribution in [3.8, 4) is 5.75 Å². The maximum Gasteiger partial charge on any atom is 0.406 e. The van der Waals surface area contributed by atoms with Crippen molar-refractivity contribution in [3.05, 3.63) is 56.5 Å². The van der Waals surface area contributed by atoms with E-state index in [2.05, 4.69) is 31.1 Å². The number of rotatable bonds is 4. The Labute approximate surface area is 142 Å². The molecule has 0 bridgehead atoms. The maximum atomic E-state index is 12.0. The third kappa shape index (κ3) is 3.35. The molecule has 0 saturated carbocycles. The lowest BCUT2D eigenvalue weighted by molar-refractivity contribution is -0.385. The van der Waals surface area contributed by atoms with Crippen molar-refractivity contribution >= 4 is 48.3 Å². The molecule has 0 saturated heterocycles. The van der Waals surface area contributed by atoms with Crippen molar-refractivity contribution < 1.29 is 15.0 Å². The van der Waals surface area contributed by atoms with Crippen LogP contribution in [0.15, 0.2) is 51.1 Å². The van der Waals surface area contributed by atoms with E-state index in [0.717, 1.165) is 10.2 Å². The van der Waals surface area contributed by atoms with Crippen LogP contribution in [0.25, 0.3) is 10.2 Å². The van der Waals surface area contributed by atoms with Crippen LogP contribution < -0.4 is 10.1 Å². The minimum atomic E-state index is -0.551. The van der Waals surface area contributed by atoms with Crippen LogP contribution in [-0.2, 0) is 6.54 Å². The molecule has 0 atom stereocenters. The smallest absolute Gasteiger partial charge is 0.406 e. The molecule has 0 aliphatic carbocycles. The van der Waals surface area contributed by atoms with Crippen molar-refractivity contribution in [2.45, 2.75) is 6.54 Å². The molecule has 2 aromatic carbocycles. The summed E-state index contributed by atoms with van der Waals surface area (Å²) in [5, 5.41) is 31.4. The minimum Gasteiger partial charge on any atom is -0.871 e. The number of nitro benzene ring substituents is 1. The first-order valence-electron chi connectivity index (χ1n) is 6.47. The van der Waals surface area contributed by atoms with Crippen LogP contribution in [0.5, 0.6) is 5.75 Å². The Hall–Kier alpha value is -2.39. The van der Waals surface area contributed by atoms with E-state index < -0.39 is 4.92 Å². The van der Waals surface area contributed by atoms with Crippen LogP contribution in [0.1, 0.15) is 5.56 Å². The highest BCUT2D eigenvalue weighted by Crippen LogP contribution is 2.31. The van der Waals surface area contributed by atoms with E-state index in [4.69, 9.17) is 0 Å². The van der Waals surface area contributed by atoms with Crippen molar-refractivity contribution in [1.29, 1.82) is 0 Å². The number of hydrogen-bond acceptors (Lipinski definition) is 6. The lowest BCUT2D eigenvalue weighted by Gasteiger charge is -2.12. The number of aromatic amines is 1. The van der Waals surface area contributed by atoms with Crippen molar-refractivity contribution in [3.63, 3.8) is 0 Å². The van der Waals surface area contributed by atoms with Gasteiger partial charge in [-0.3, -0.25) is 10.1 Å². The van der Waals surface area contributed by atoms with Gasteiger partial charge in [0.15, 0.2) is 0 Å². The second kappa shape index (κ2) is 6.39. The normalized spacial score (nSPS) is 11.3. The first-order valence-corrected chi connectivity index (χ1v) is 8.08. The number of fused-ring (bicyclic) bond motifs is 1. The van der Waals surface area contributed by atoms with Crippen molar-refractivity contribution in [2.75, 3.05) is 0 Å². The summed E-state index contributed by atoms with van der Waals surface area (Å²) < 4.78 is 1.19. The highest BCUT2D eigenvalue weighted by Gasteiger charge is 2.12. The van der Waals surface area contributed by atoms with Crippen LogP contribution in [0.2, 0.25) is 0 Å². The molecule has 1 aromatic heterocycles. The van der Waals surface area contributed by atoms with Gasteiger partial charge >= 0.3 is 5.13 Å². The molecule has 0 unspecified atom stereocenters. The SMILES string of the molecule is O=[N+]([O-])c1cc(Br)c([O-])c(CN=Nc2[nH+]c3ccccc3s2)c1. The Morgan fingerprint density at radius 3 is 2.83 bits per heavy atom. The average Bonchev–Trinajstić information content (AvgIpc) is 2.93. The van der Waals surface area contributed by atoms with Gasteiger partial charge in [0.1, 0.15) is 12.1 Å². The number of benzene rings is 2. The van der Waals surface area contributed by atoms with Gasteiger partial charge in [-0.25, -0.2) is 4.98 Å². The molecule has 9 heteroatoms. The topological polar surface area (TPSA) is 105 Å².